The summed E-state index contributed by atoms with van der Waals surface area (Å²) in [4.78, 5) is 4.09. The predicted octanol–water partition coefficient (Wildman–Crippen LogP) is 2.57. The molecule has 0 atom stereocenters. The highest BCUT2D eigenvalue weighted by molar-refractivity contribution is 9.10. The fourth-order valence-electron chi connectivity index (χ4n) is 0.534. The second-order valence-electron chi connectivity index (χ2n) is 2.03. The highest BCUT2D eigenvalue weighted by atomic mass is 79.9. The zero-order valence-corrected chi connectivity index (χ0v) is 11.0. The topological polar surface area (TPSA) is 47.0 Å². The number of hydrogen-bond donors (Lipinski definition) is 0. The van der Waals surface area contributed by atoms with Crippen LogP contribution < -0.4 is 0 Å². The molecule has 0 radical (unpaired) electrons. The minimum Gasteiger partial charge on any atom is -0.223 e. The van der Waals surface area contributed by atoms with E-state index in [0.29, 0.717) is 5.75 Å². The van der Waals surface area contributed by atoms with E-state index >= 15 is 0 Å². The van der Waals surface area contributed by atoms with E-state index < -0.39 is 9.05 Å². The number of aromatic nitrogens is 1. The van der Waals surface area contributed by atoms with Crippen molar-refractivity contribution in [3.8, 4) is 0 Å². The lowest BCUT2D eigenvalue weighted by molar-refractivity contribution is 0.611. The molecule has 0 spiro atoms. The first-order valence-corrected chi connectivity index (χ1v) is 8.27. The van der Waals surface area contributed by atoms with Crippen LogP contribution in [0.3, 0.4) is 0 Å². The van der Waals surface area contributed by atoms with Gasteiger partial charge in [0.05, 0.1) is 5.75 Å². The maximum Gasteiger partial charge on any atom is 0.233 e. The Morgan fingerprint density at radius 3 is 2.85 bits per heavy atom. The van der Waals surface area contributed by atoms with Gasteiger partial charge in [0.2, 0.25) is 9.05 Å². The van der Waals surface area contributed by atoms with Gasteiger partial charge in [0.25, 0.3) is 0 Å². The second-order valence-corrected chi connectivity index (χ2v) is 7.94. The van der Waals surface area contributed by atoms with E-state index in [9.17, 15) is 8.42 Å². The first-order valence-electron chi connectivity index (χ1n) is 3.13. The van der Waals surface area contributed by atoms with Gasteiger partial charge in [-0.05, 0) is 15.9 Å². The predicted molar refractivity (Wildman–Crippen MR) is 60.2 cm³/mol. The molecule has 13 heavy (non-hydrogen) atoms. The van der Waals surface area contributed by atoms with Crippen molar-refractivity contribution in [2.45, 2.75) is 4.34 Å². The van der Waals surface area contributed by atoms with Crippen LogP contribution in [-0.2, 0) is 9.05 Å². The van der Waals surface area contributed by atoms with Gasteiger partial charge in [-0.2, -0.15) is 0 Å². The van der Waals surface area contributed by atoms with Crippen LogP contribution in [0.1, 0.15) is 0 Å². The second kappa shape index (κ2) is 4.97. The SMILES string of the molecule is O=S(=O)(Cl)CCSc1nc(Br)cs1. The fraction of sp³-hybridized carbons (Fsp3) is 0.400. The van der Waals surface area contributed by atoms with Crippen LogP contribution in [-0.4, -0.2) is 24.9 Å². The molecule has 1 aromatic heterocycles. The third-order valence-electron chi connectivity index (χ3n) is 1.01. The molecule has 1 heterocycles. The van der Waals surface area contributed by atoms with Crippen LogP contribution in [0, 0.1) is 0 Å². The average Bonchev–Trinajstić information content (AvgIpc) is 2.33. The van der Waals surface area contributed by atoms with Gasteiger partial charge >= 0.3 is 0 Å². The van der Waals surface area contributed by atoms with Gasteiger partial charge in [0, 0.05) is 21.8 Å². The third kappa shape index (κ3) is 5.21. The number of hydrogen-bond acceptors (Lipinski definition) is 5. The quantitative estimate of drug-likeness (QED) is 0.631. The monoisotopic (exact) mass is 321 g/mol. The molecular weight excluding hydrogens is 318 g/mol. The van der Waals surface area contributed by atoms with E-state index in [2.05, 4.69) is 20.9 Å². The van der Waals surface area contributed by atoms with Gasteiger partial charge in [0.15, 0.2) is 4.34 Å². The Morgan fingerprint density at radius 2 is 2.38 bits per heavy atom. The summed E-state index contributed by atoms with van der Waals surface area (Å²) in [5, 5.41) is 1.84. The molecule has 0 aliphatic carbocycles. The number of halogens is 2. The van der Waals surface area contributed by atoms with Crippen LogP contribution in [0.2, 0.25) is 0 Å². The standard InChI is InChI=1S/C5H5BrClNO2S3/c6-4-3-12-5(8-4)11-1-2-13(7,9)10/h3H,1-2H2. The lowest BCUT2D eigenvalue weighted by Gasteiger charge is -1.93. The molecule has 0 fully saturated rings. The van der Waals surface area contributed by atoms with Gasteiger partial charge in [-0.3, -0.25) is 0 Å². The van der Waals surface area contributed by atoms with Crippen LogP contribution in [0.5, 0.6) is 0 Å². The molecule has 0 aromatic carbocycles. The molecule has 0 bridgehead atoms. The molecule has 0 amide bonds. The van der Waals surface area contributed by atoms with Crippen molar-refractivity contribution in [2.24, 2.45) is 0 Å². The molecule has 74 valence electrons. The summed E-state index contributed by atoms with van der Waals surface area (Å²) in [6.07, 6.45) is 0. The molecule has 0 N–H and O–H groups in total. The average molecular weight is 323 g/mol. The van der Waals surface area contributed by atoms with Gasteiger partial charge in [-0.1, -0.05) is 11.8 Å². The Bertz CT molecular complexity index is 377. The molecule has 0 aliphatic rings. The lowest BCUT2D eigenvalue weighted by atomic mass is 11.0. The molecule has 0 saturated heterocycles. The summed E-state index contributed by atoms with van der Waals surface area (Å²) in [6, 6.07) is 0. The zero-order valence-electron chi connectivity index (χ0n) is 6.24. The highest BCUT2D eigenvalue weighted by Gasteiger charge is 2.06. The van der Waals surface area contributed by atoms with Crippen molar-refractivity contribution in [1.82, 2.24) is 4.98 Å². The summed E-state index contributed by atoms with van der Waals surface area (Å²) in [6.45, 7) is 0. The van der Waals surface area contributed by atoms with Crippen LogP contribution in [0.15, 0.2) is 14.3 Å². The summed E-state index contributed by atoms with van der Waals surface area (Å²) in [7, 11) is 1.67. The van der Waals surface area contributed by atoms with E-state index in [1.54, 1.807) is 0 Å². The number of nitrogens with zero attached hydrogens (tertiary/aromatic N) is 1. The molecule has 3 nitrogen and oxygen atoms in total. The first-order chi connectivity index (χ1) is 5.97. The maximum atomic E-state index is 10.6. The number of thioether (sulfide) groups is 1. The van der Waals surface area contributed by atoms with E-state index in [4.69, 9.17) is 10.7 Å². The van der Waals surface area contributed by atoms with E-state index in [0.717, 1.165) is 8.94 Å². The molecule has 0 aliphatic heterocycles. The van der Waals surface area contributed by atoms with Gasteiger partial charge in [-0.25, -0.2) is 13.4 Å². The minimum atomic E-state index is -3.37. The molecule has 1 aromatic rings. The fourth-order valence-corrected chi connectivity index (χ4v) is 4.33. The van der Waals surface area contributed by atoms with Crippen molar-refractivity contribution < 1.29 is 8.42 Å². The van der Waals surface area contributed by atoms with E-state index in [1.807, 2.05) is 5.38 Å². The largest absolute Gasteiger partial charge is 0.233 e. The summed E-state index contributed by atoms with van der Waals surface area (Å²) >= 11 is 6.05. The lowest BCUT2D eigenvalue weighted by Crippen LogP contribution is -1.99. The van der Waals surface area contributed by atoms with Crippen LogP contribution in [0.25, 0.3) is 0 Å². The molecule has 1 rings (SSSR count). The third-order valence-corrected chi connectivity index (χ3v) is 5.15. The van der Waals surface area contributed by atoms with E-state index in [-0.39, 0.29) is 5.75 Å². The molecule has 8 heteroatoms. The molecule has 0 unspecified atom stereocenters. The Balaban J connectivity index is 2.36. The first kappa shape index (κ1) is 11.8. The normalized spacial score (nSPS) is 11.8. The van der Waals surface area contributed by atoms with Crippen molar-refractivity contribution in [3.63, 3.8) is 0 Å². The van der Waals surface area contributed by atoms with Crippen molar-refractivity contribution >= 4 is 58.8 Å². The number of thiazole rings is 1. The van der Waals surface area contributed by atoms with Crippen molar-refractivity contribution in [3.05, 3.63) is 9.98 Å². The Hall–Kier alpha value is 0.700. The Kier molecular flexibility index (Phi) is 4.50. The zero-order chi connectivity index (χ0) is 9.90. The van der Waals surface area contributed by atoms with Crippen LogP contribution in [0.4, 0.5) is 0 Å². The van der Waals surface area contributed by atoms with Crippen LogP contribution >= 0.6 is 49.7 Å². The van der Waals surface area contributed by atoms with Gasteiger partial charge < -0.3 is 0 Å². The Morgan fingerprint density at radius 1 is 1.69 bits per heavy atom. The van der Waals surface area contributed by atoms with Crippen molar-refractivity contribution in [2.75, 3.05) is 11.5 Å². The van der Waals surface area contributed by atoms with Gasteiger partial charge in [-0.15, -0.1) is 11.3 Å². The number of rotatable bonds is 4. The molecule has 0 saturated carbocycles. The molecular formula is C5H5BrClNO2S3. The minimum absolute atomic E-state index is 0.0313. The summed E-state index contributed by atoms with van der Waals surface area (Å²) in [5.74, 6) is 0.405. The smallest absolute Gasteiger partial charge is 0.223 e. The Labute approximate surface area is 97.4 Å². The highest BCUT2D eigenvalue weighted by Crippen LogP contribution is 2.25. The summed E-state index contributed by atoms with van der Waals surface area (Å²) < 4.78 is 22.7. The van der Waals surface area contributed by atoms with E-state index in [1.165, 1.54) is 23.1 Å². The maximum absolute atomic E-state index is 10.6. The van der Waals surface area contributed by atoms with Gasteiger partial charge in [0.1, 0.15) is 4.60 Å². The summed E-state index contributed by atoms with van der Waals surface area (Å²) in [5.41, 5.74) is 0. The van der Waals surface area contributed by atoms with Crippen molar-refractivity contribution in [1.29, 1.82) is 0 Å².